The van der Waals surface area contributed by atoms with E-state index in [4.69, 9.17) is 4.52 Å². The van der Waals surface area contributed by atoms with Crippen LogP contribution in [0.5, 0.6) is 0 Å². The Labute approximate surface area is 132 Å². The summed E-state index contributed by atoms with van der Waals surface area (Å²) in [6.45, 7) is 5.01. The highest BCUT2D eigenvalue weighted by Gasteiger charge is 2.34. The van der Waals surface area contributed by atoms with Crippen LogP contribution in [0.2, 0.25) is 0 Å². The third-order valence-electron chi connectivity index (χ3n) is 4.91. The average Bonchev–Trinajstić information content (AvgIpc) is 3.17. The minimum Gasteiger partial charge on any atom is -0.359 e. The molecule has 122 valence electrons. The highest BCUT2D eigenvalue weighted by molar-refractivity contribution is 5.75. The maximum absolute atomic E-state index is 12.6. The molecule has 0 bridgehead atoms. The number of amides is 2. The molecule has 5 heteroatoms. The van der Waals surface area contributed by atoms with E-state index in [-0.39, 0.29) is 12.1 Å². The highest BCUT2D eigenvalue weighted by atomic mass is 16.5. The summed E-state index contributed by atoms with van der Waals surface area (Å²) in [5, 5.41) is 7.35. The van der Waals surface area contributed by atoms with Crippen LogP contribution in [0.4, 0.5) is 4.79 Å². The molecule has 2 heterocycles. The molecule has 0 aromatic carbocycles. The van der Waals surface area contributed by atoms with E-state index in [0.717, 1.165) is 43.7 Å². The van der Waals surface area contributed by atoms with E-state index in [1.54, 1.807) is 0 Å². The summed E-state index contributed by atoms with van der Waals surface area (Å²) in [7, 11) is 0. The second-order valence-corrected chi connectivity index (χ2v) is 6.94. The van der Waals surface area contributed by atoms with Gasteiger partial charge in [0.05, 0.1) is 11.7 Å². The Kier molecular flexibility index (Phi) is 4.69. The smallest absolute Gasteiger partial charge is 0.318 e. The van der Waals surface area contributed by atoms with Gasteiger partial charge in [-0.2, -0.15) is 0 Å². The summed E-state index contributed by atoms with van der Waals surface area (Å²) in [6, 6.07) is 2.48. The van der Waals surface area contributed by atoms with E-state index in [2.05, 4.69) is 24.3 Å². The average molecular weight is 305 g/mol. The molecular weight excluding hydrogens is 278 g/mol. The molecule has 2 aliphatic rings. The predicted octanol–water partition coefficient (Wildman–Crippen LogP) is 3.98. The number of hydrogen-bond acceptors (Lipinski definition) is 3. The molecule has 1 aliphatic carbocycles. The summed E-state index contributed by atoms with van der Waals surface area (Å²) < 4.78 is 5.51. The second-order valence-electron chi connectivity index (χ2n) is 6.94. The molecule has 1 aromatic heterocycles. The van der Waals surface area contributed by atoms with E-state index in [1.165, 1.54) is 19.3 Å². The highest BCUT2D eigenvalue weighted by Crippen LogP contribution is 2.33. The molecule has 1 aromatic rings. The minimum absolute atomic E-state index is 0.0450. The fourth-order valence-corrected chi connectivity index (χ4v) is 3.54. The molecular formula is C17H27N3O2. The van der Waals surface area contributed by atoms with Crippen molar-refractivity contribution < 1.29 is 9.32 Å². The van der Waals surface area contributed by atoms with Gasteiger partial charge in [-0.15, -0.1) is 0 Å². The Morgan fingerprint density at radius 1 is 1.27 bits per heavy atom. The van der Waals surface area contributed by atoms with Crippen LogP contribution in [0.3, 0.4) is 0 Å². The van der Waals surface area contributed by atoms with Gasteiger partial charge in [-0.25, -0.2) is 4.79 Å². The third-order valence-corrected chi connectivity index (χ3v) is 4.91. The fourth-order valence-electron chi connectivity index (χ4n) is 3.54. The first kappa shape index (κ1) is 15.4. The number of nitrogens with one attached hydrogen (secondary N) is 1. The van der Waals surface area contributed by atoms with Crippen molar-refractivity contribution in [1.82, 2.24) is 15.4 Å². The number of carbonyl (C=O) groups excluding carboxylic acids is 1. The van der Waals surface area contributed by atoms with Gasteiger partial charge in [-0.05, 0) is 31.6 Å². The number of aromatic nitrogens is 1. The fraction of sp³-hybridized carbons (Fsp3) is 0.765. The number of nitrogens with zero attached hydrogens (tertiary/aromatic N) is 2. The first-order chi connectivity index (χ1) is 10.6. The summed E-state index contributed by atoms with van der Waals surface area (Å²) in [5.41, 5.74) is 0.967. The molecule has 1 N–H and O–H groups in total. The first-order valence-electron chi connectivity index (χ1n) is 8.69. The number of carbonyl (C=O) groups is 1. The van der Waals surface area contributed by atoms with Gasteiger partial charge >= 0.3 is 6.03 Å². The summed E-state index contributed by atoms with van der Waals surface area (Å²) >= 11 is 0. The normalized spacial score (nSPS) is 23.2. The van der Waals surface area contributed by atoms with Crippen LogP contribution in [0.15, 0.2) is 10.6 Å². The first-order valence-corrected chi connectivity index (χ1v) is 8.69. The molecule has 0 radical (unpaired) electrons. The van der Waals surface area contributed by atoms with Gasteiger partial charge in [0.15, 0.2) is 5.76 Å². The zero-order chi connectivity index (χ0) is 15.5. The Bertz CT molecular complexity index is 506. The van der Waals surface area contributed by atoms with Crippen LogP contribution in [-0.2, 0) is 0 Å². The molecule has 1 saturated carbocycles. The molecule has 3 rings (SSSR count). The Morgan fingerprint density at radius 2 is 2.05 bits per heavy atom. The van der Waals surface area contributed by atoms with E-state index in [9.17, 15) is 4.79 Å². The van der Waals surface area contributed by atoms with Crippen molar-refractivity contribution in [3.63, 3.8) is 0 Å². The number of hydrogen-bond donors (Lipinski definition) is 1. The Hall–Kier alpha value is -1.52. The predicted molar refractivity (Wildman–Crippen MR) is 84.7 cm³/mol. The summed E-state index contributed by atoms with van der Waals surface area (Å²) in [5.74, 6) is 1.18. The lowest BCUT2D eigenvalue weighted by Gasteiger charge is -2.28. The molecule has 1 atom stereocenters. The number of urea groups is 1. The van der Waals surface area contributed by atoms with Gasteiger partial charge in [0.25, 0.3) is 0 Å². The van der Waals surface area contributed by atoms with E-state index < -0.39 is 0 Å². The van der Waals surface area contributed by atoms with Gasteiger partial charge in [-0.1, -0.05) is 38.3 Å². The molecule has 1 saturated heterocycles. The Balaban J connectivity index is 1.65. The monoisotopic (exact) mass is 305 g/mol. The maximum atomic E-state index is 12.6. The molecule has 0 spiro atoms. The zero-order valence-electron chi connectivity index (χ0n) is 13.7. The van der Waals surface area contributed by atoms with Crippen molar-refractivity contribution >= 4 is 6.03 Å². The number of rotatable bonds is 3. The van der Waals surface area contributed by atoms with Crippen LogP contribution in [0.25, 0.3) is 0 Å². The van der Waals surface area contributed by atoms with E-state index in [0.29, 0.717) is 12.0 Å². The lowest BCUT2D eigenvalue weighted by atomic mass is 9.96. The molecule has 0 unspecified atom stereocenters. The van der Waals surface area contributed by atoms with Gasteiger partial charge in [0.2, 0.25) is 0 Å². The largest absolute Gasteiger partial charge is 0.359 e. The summed E-state index contributed by atoms with van der Waals surface area (Å²) in [6.07, 6.45) is 7.98. The van der Waals surface area contributed by atoms with Crippen molar-refractivity contribution in [3.05, 3.63) is 17.5 Å². The van der Waals surface area contributed by atoms with Gasteiger partial charge in [0, 0.05) is 18.7 Å². The molecule has 2 amide bonds. The van der Waals surface area contributed by atoms with Crippen molar-refractivity contribution in [1.29, 1.82) is 0 Å². The molecule has 1 aliphatic heterocycles. The van der Waals surface area contributed by atoms with Gasteiger partial charge in [0.1, 0.15) is 0 Å². The minimum atomic E-state index is 0.0450. The van der Waals surface area contributed by atoms with Crippen molar-refractivity contribution in [2.24, 2.45) is 0 Å². The SMILES string of the molecule is CC(C)c1cc([C@@H]2CCCN2C(=O)NC2CCCCC2)on1. The quantitative estimate of drug-likeness (QED) is 0.919. The van der Waals surface area contributed by atoms with Crippen molar-refractivity contribution in [2.75, 3.05) is 6.54 Å². The van der Waals surface area contributed by atoms with Crippen molar-refractivity contribution in [2.45, 2.75) is 76.8 Å². The molecule has 2 fully saturated rings. The number of likely N-dealkylation sites (tertiary alicyclic amines) is 1. The second kappa shape index (κ2) is 6.71. The topological polar surface area (TPSA) is 58.4 Å². The van der Waals surface area contributed by atoms with Gasteiger partial charge in [-0.3, -0.25) is 0 Å². The molecule has 5 nitrogen and oxygen atoms in total. The van der Waals surface area contributed by atoms with Crippen LogP contribution in [0, 0.1) is 0 Å². The zero-order valence-corrected chi connectivity index (χ0v) is 13.7. The summed E-state index contributed by atoms with van der Waals surface area (Å²) in [4.78, 5) is 14.5. The van der Waals surface area contributed by atoms with Crippen molar-refractivity contribution in [3.8, 4) is 0 Å². The van der Waals surface area contributed by atoms with Gasteiger partial charge < -0.3 is 14.7 Å². The van der Waals surface area contributed by atoms with E-state index in [1.807, 2.05) is 11.0 Å². The Morgan fingerprint density at radius 3 is 2.73 bits per heavy atom. The lowest BCUT2D eigenvalue weighted by molar-refractivity contribution is 0.175. The lowest BCUT2D eigenvalue weighted by Crippen LogP contribution is -2.45. The standard InChI is InChI=1S/C17H27N3O2/c1-12(2)14-11-16(22-19-14)15-9-6-10-20(15)17(21)18-13-7-4-3-5-8-13/h11-13,15H,3-10H2,1-2H3,(H,18,21)/t15-/m0/s1. The van der Waals surface area contributed by atoms with Crippen LogP contribution >= 0.6 is 0 Å². The van der Waals surface area contributed by atoms with Crippen LogP contribution in [0.1, 0.15) is 82.2 Å². The molecule has 22 heavy (non-hydrogen) atoms. The third kappa shape index (κ3) is 3.28. The van der Waals surface area contributed by atoms with Crippen LogP contribution < -0.4 is 5.32 Å². The maximum Gasteiger partial charge on any atom is 0.318 e. The van der Waals surface area contributed by atoms with Crippen LogP contribution in [-0.4, -0.2) is 28.7 Å². The van der Waals surface area contributed by atoms with E-state index >= 15 is 0 Å².